The first kappa shape index (κ1) is 13.8. The maximum absolute atomic E-state index is 11.9. The van der Waals surface area contributed by atoms with Crippen molar-refractivity contribution in [1.29, 1.82) is 0 Å². The number of nitrogens with one attached hydrogen (secondary N) is 1. The molecule has 1 saturated heterocycles. The summed E-state index contributed by atoms with van der Waals surface area (Å²) in [4.78, 5) is 3.33. The predicted molar refractivity (Wildman–Crippen MR) is 79.3 cm³/mol. The van der Waals surface area contributed by atoms with Crippen LogP contribution in [-0.2, 0) is 20.1 Å². The molecule has 108 valence electrons. The van der Waals surface area contributed by atoms with E-state index in [0.717, 1.165) is 11.9 Å². The lowest BCUT2D eigenvalue weighted by Gasteiger charge is -2.24. The summed E-state index contributed by atoms with van der Waals surface area (Å²) >= 11 is 5.40. The zero-order chi connectivity index (χ0) is 14.5. The number of hydrogen-bond acceptors (Lipinski definition) is 4. The van der Waals surface area contributed by atoms with E-state index < -0.39 is 9.84 Å². The summed E-state index contributed by atoms with van der Waals surface area (Å²) in [6.07, 6.45) is 2.06. The van der Waals surface area contributed by atoms with Crippen LogP contribution in [0.25, 0.3) is 11.0 Å². The number of benzene rings is 1. The van der Waals surface area contributed by atoms with E-state index >= 15 is 0 Å². The minimum atomic E-state index is -3.30. The highest BCUT2D eigenvalue weighted by Crippen LogP contribution is 2.32. The van der Waals surface area contributed by atoms with Gasteiger partial charge in [-0.25, -0.2) is 8.42 Å². The first-order valence-corrected chi connectivity index (χ1v) is 8.65. The van der Waals surface area contributed by atoms with Gasteiger partial charge in [0.05, 0.1) is 28.1 Å². The van der Waals surface area contributed by atoms with E-state index in [-0.39, 0.29) is 10.4 Å². The number of H-pyrrole nitrogens is 1. The van der Waals surface area contributed by atoms with Gasteiger partial charge >= 0.3 is 0 Å². The highest BCUT2D eigenvalue weighted by molar-refractivity contribution is 7.91. The van der Waals surface area contributed by atoms with Gasteiger partial charge in [0.15, 0.2) is 14.6 Å². The molecular weight excluding hydrogens is 296 g/mol. The lowest BCUT2D eigenvalue weighted by molar-refractivity contribution is 0.162. The van der Waals surface area contributed by atoms with E-state index in [0.29, 0.717) is 23.5 Å². The summed E-state index contributed by atoms with van der Waals surface area (Å²) in [6, 6.07) is 5.23. The molecule has 2 aromatic rings. The first-order valence-electron chi connectivity index (χ1n) is 6.35. The van der Waals surface area contributed by atoms with E-state index in [9.17, 15) is 8.42 Å². The fourth-order valence-electron chi connectivity index (χ4n) is 2.78. The van der Waals surface area contributed by atoms with Crippen molar-refractivity contribution in [3.05, 3.63) is 23.0 Å². The molecule has 0 bridgehead atoms. The fraction of sp³-hybridized carbons (Fsp3) is 0.462. The van der Waals surface area contributed by atoms with Gasteiger partial charge in [0.25, 0.3) is 0 Å². The molecule has 3 rings (SSSR count). The van der Waals surface area contributed by atoms with Gasteiger partial charge < -0.3 is 14.3 Å². The third kappa shape index (κ3) is 2.01. The van der Waals surface area contributed by atoms with Crippen LogP contribution in [0, 0.1) is 4.77 Å². The van der Waals surface area contributed by atoms with Crippen LogP contribution in [0.1, 0.15) is 13.3 Å². The van der Waals surface area contributed by atoms with Crippen molar-refractivity contribution in [3.8, 4) is 0 Å². The first-order chi connectivity index (χ1) is 9.33. The van der Waals surface area contributed by atoms with Crippen LogP contribution in [-0.4, -0.2) is 37.4 Å². The molecular formula is C13H16N2O3S2. The second-order valence-electron chi connectivity index (χ2n) is 5.49. The Morgan fingerprint density at radius 2 is 2.20 bits per heavy atom. The van der Waals surface area contributed by atoms with Gasteiger partial charge in [-0.1, -0.05) is 6.07 Å². The Labute approximate surface area is 122 Å². The van der Waals surface area contributed by atoms with Crippen LogP contribution < -0.4 is 0 Å². The number of fused-ring (bicyclic) bond motifs is 1. The Balaban J connectivity index is 2.36. The molecule has 1 unspecified atom stereocenters. The fourth-order valence-corrected chi connectivity index (χ4v) is 4.05. The maximum Gasteiger partial charge on any atom is 0.178 e. The van der Waals surface area contributed by atoms with Crippen LogP contribution in [0.15, 0.2) is 23.1 Å². The quantitative estimate of drug-likeness (QED) is 0.864. The SMILES string of the molecule is CC1(n2c(=S)[nH]c3c(S(C)(=O)=O)cccc32)CCOC1. The van der Waals surface area contributed by atoms with Gasteiger partial charge in [0.1, 0.15) is 0 Å². The van der Waals surface area contributed by atoms with Crippen molar-refractivity contribution in [2.75, 3.05) is 19.5 Å². The Bertz CT molecular complexity index is 827. The second-order valence-corrected chi connectivity index (χ2v) is 7.86. The van der Waals surface area contributed by atoms with E-state index in [1.807, 2.05) is 10.6 Å². The predicted octanol–water partition coefficient (Wildman–Crippen LogP) is 2.24. The number of hydrogen-bond donors (Lipinski definition) is 1. The number of para-hydroxylation sites is 1. The summed E-state index contributed by atoms with van der Waals surface area (Å²) in [7, 11) is -3.30. The summed E-state index contributed by atoms with van der Waals surface area (Å²) in [5, 5.41) is 0. The third-order valence-corrected chi connectivity index (χ3v) is 5.24. The van der Waals surface area contributed by atoms with Gasteiger partial charge in [-0.05, 0) is 37.7 Å². The third-order valence-electron chi connectivity index (χ3n) is 3.82. The Morgan fingerprint density at radius 3 is 2.80 bits per heavy atom. The smallest absolute Gasteiger partial charge is 0.178 e. The average Bonchev–Trinajstić information content (AvgIpc) is 2.90. The van der Waals surface area contributed by atoms with Gasteiger partial charge in [-0.3, -0.25) is 0 Å². The number of aromatic nitrogens is 2. The molecule has 1 fully saturated rings. The molecule has 1 atom stereocenters. The molecule has 1 aliphatic rings. The van der Waals surface area contributed by atoms with Crippen LogP contribution >= 0.6 is 12.2 Å². The standard InChI is InChI=1S/C13H16N2O3S2/c1-13(6-7-18-8-13)15-9-4-3-5-10(20(2,16)17)11(9)14-12(15)19/h3-5H,6-8H2,1-2H3,(H,14,19). The molecule has 1 aromatic heterocycles. The summed E-state index contributed by atoms with van der Waals surface area (Å²) in [6.45, 7) is 3.35. The van der Waals surface area contributed by atoms with Crippen LogP contribution in [0.2, 0.25) is 0 Å². The van der Waals surface area contributed by atoms with E-state index in [2.05, 4.69) is 11.9 Å². The van der Waals surface area contributed by atoms with Gasteiger partial charge in [-0.2, -0.15) is 0 Å². The molecule has 7 heteroatoms. The molecule has 0 saturated carbocycles. The summed E-state index contributed by atoms with van der Waals surface area (Å²) < 4.78 is 31.8. The molecule has 0 radical (unpaired) electrons. The summed E-state index contributed by atoms with van der Waals surface area (Å²) in [5.41, 5.74) is 1.16. The molecule has 2 heterocycles. The maximum atomic E-state index is 11.9. The minimum Gasteiger partial charge on any atom is -0.379 e. The number of nitrogens with zero attached hydrogens (tertiary/aromatic N) is 1. The van der Waals surface area contributed by atoms with Crippen LogP contribution in [0.5, 0.6) is 0 Å². The van der Waals surface area contributed by atoms with Crippen molar-refractivity contribution in [3.63, 3.8) is 0 Å². The molecule has 0 spiro atoms. The number of imidazole rings is 1. The number of rotatable bonds is 2. The molecule has 0 amide bonds. The van der Waals surface area contributed by atoms with Crippen LogP contribution in [0.4, 0.5) is 0 Å². The molecule has 5 nitrogen and oxygen atoms in total. The van der Waals surface area contributed by atoms with Crippen molar-refractivity contribution < 1.29 is 13.2 Å². The van der Waals surface area contributed by atoms with E-state index in [4.69, 9.17) is 17.0 Å². The van der Waals surface area contributed by atoms with Gasteiger partial charge in [0.2, 0.25) is 0 Å². The van der Waals surface area contributed by atoms with Crippen molar-refractivity contribution in [2.45, 2.75) is 23.8 Å². The zero-order valence-electron chi connectivity index (χ0n) is 11.3. The largest absolute Gasteiger partial charge is 0.379 e. The van der Waals surface area contributed by atoms with Crippen LogP contribution in [0.3, 0.4) is 0 Å². The van der Waals surface area contributed by atoms with Crippen molar-refractivity contribution >= 4 is 33.1 Å². The average molecular weight is 312 g/mol. The highest BCUT2D eigenvalue weighted by atomic mass is 32.2. The lowest BCUT2D eigenvalue weighted by Crippen LogP contribution is -2.30. The lowest BCUT2D eigenvalue weighted by atomic mass is 10.0. The summed E-state index contributed by atoms with van der Waals surface area (Å²) in [5.74, 6) is 0. The van der Waals surface area contributed by atoms with Gasteiger partial charge in [0, 0.05) is 12.9 Å². The van der Waals surface area contributed by atoms with Crippen molar-refractivity contribution in [1.82, 2.24) is 9.55 Å². The Kier molecular flexibility index (Phi) is 3.04. The Hall–Kier alpha value is -1.18. The topological polar surface area (TPSA) is 64.1 Å². The molecule has 0 aliphatic carbocycles. The number of sulfone groups is 1. The molecule has 1 N–H and O–H groups in total. The monoisotopic (exact) mass is 312 g/mol. The van der Waals surface area contributed by atoms with Crippen molar-refractivity contribution in [2.24, 2.45) is 0 Å². The number of ether oxygens (including phenoxy) is 1. The molecule has 20 heavy (non-hydrogen) atoms. The zero-order valence-corrected chi connectivity index (χ0v) is 13.0. The number of aromatic amines is 1. The molecule has 1 aromatic carbocycles. The second kappa shape index (κ2) is 4.41. The minimum absolute atomic E-state index is 0.231. The molecule has 1 aliphatic heterocycles. The van der Waals surface area contributed by atoms with Gasteiger partial charge in [-0.15, -0.1) is 0 Å². The normalized spacial score (nSPS) is 23.5. The Morgan fingerprint density at radius 1 is 1.45 bits per heavy atom. The highest BCUT2D eigenvalue weighted by Gasteiger charge is 2.34. The van der Waals surface area contributed by atoms with E-state index in [1.165, 1.54) is 6.26 Å². The van der Waals surface area contributed by atoms with E-state index in [1.54, 1.807) is 12.1 Å².